The van der Waals surface area contributed by atoms with Gasteiger partial charge in [0.2, 0.25) is 0 Å². The number of rotatable bonds is 9. The molecule has 0 aromatic heterocycles. The first kappa shape index (κ1) is 31.7. The fraction of sp³-hybridized carbons (Fsp3) is 0.721. The number of hydrogen-bond donors (Lipinski definition) is 0. The van der Waals surface area contributed by atoms with E-state index >= 15 is 0 Å². The van der Waals surface area contributed by atoms with Crippen LogP contribution in [0.4, 0.5) is 0 Å². The van der Waals surface area contributed by atoms with Crippen LogP contribution < -0.4 is 14.8 Å². The van der Waals surface area contributed by atoms with Gasteiger partial charge in [0, 0.05) is 10.9 Å². The zero-order valence-electron chi connectivity index (χ0n) is 30.2. The third-order valence-electron chi connectivity index (χ3n) is 14.2. The van der Waals surface area contributed by atoms with Crippen LogP contribution in [0.5, 0.6) is 11.5 Å². The van der Waals surface area contributed by atoms with Gasteiger partial charge in [-0.25, -0.2) is 0 Å². The molecule has 250 valence electrons. The van der Waals surface area contributed by atoms with Crippen molar-refractivity contribution >= 4 is 13.2 Å². The van der Waals surface area contributed by atoms with Crippen molar-refractivity contribution in [1.29, 1.82) is 0 Å². The lowest BCUT2D eigenvalue weighted by molar-refractivity contribution is 0.0156. The molecule has 2 aromatic carbocycles. The molecule has 0 amide bonds. The molecule has 2 nitrogen and oxygen atoms in total. The summed E-state index contributed by atoms with van der Waals surface area (Å²) < 4.78 is 13.1. The summed E-state index contributed by atoms with van der Waals surface area (Å²) in [7, 11) is 3.43. The van der Waals surface area contributed by atoms with Crippen LogP contribution in [0.25, 0.3) is 11.1 Å². The second kappa shape index (κ2) is 11.8. The molecule has 8 saturated carbocycles. The van der Waals surface area contributed by atoms with Crippen LogP contribution in [-0.4, -0.2) is 25.0 Å². The molecule has 8 fully saturated rings. The summed E-state index contributed by atoms with van der Waals surface area (Å²) in [4.78, 5) is 0. The van der Waals surface area contributed by atoms with E-state index in [9.17, 15) is 0 Å². The lowest BCUT2D eigenvalue weighted by Gasteiger charge is -2.65. The van der Waals surface area contributed by atoms with Gasteiger partial charge >= 0.3 is 0 Å². The Morgan fingerprint density at radius 2 is 1.04 bits per heavy atom. The Labute approximate surface area is 281 Å². The van der Waals surface area contributed by atoms with E-state index in [0.717, 1.165) is 52.8 Å². The molecule has 8 aliphatic rings. The van der Waals surface area contributed by atoms with Crippen LogP contribution in [0.2, 0.25) is 0 Å². The molecule has 2 aromatic rings. The van der Waals surface area contributed by atoms with Gasteiger partial charge in [-0.05, 0) is 175 Å². The van der Waals surface area contributed by atoms with Crippen molar-refractivity contribution in [3.05, 3.63) is 41.0 Å². The van der Waals surface area contributed by atoms with E-state index in [2.05, 4.69) is 65.8 Å². The van der Waals surface area contributed by atoms with Crippen LogP contribution in [0, 0.1) is 41.4 Å². The Kier molecular flexibility index (Phi) is 8.15. The average Bonchev–Trinajstić information content (AvgIpc) is 3.00. The van der Waals surface area contributed by atoms with Crippen molar-refractivity contribution in [2.75, 3.05) is 14.2 Å². The highest BCUT2D eigenvalue weighted by Gasteiger charge is 2.61. The zero-order chi connectivity index (χ0) is 32.1. The van der Waals surface area contributed by atoms with Crippen molar-refractivity contribution in [2.24, 2.45) is 41.4 Å². The molecule has 0 aliphatic heterocycles. The van der Waals surface area contributed by atoms with Crippen molar-refractivity contribution < 1.29 is 9.47 Å². The van der Waals surface area contributed by atoms with Gasteiger partial charge in [0.05, 0.1) is 14.2 Å². The first-order valence-corrected chi connectivity index (χ1v) is 20.7. The van der Waals surface area contributed by atoms with E-state index in [1.807, 2.05) is 14.2 Å². The van der Waals surface area contributed by atoms with Crippen LogP contribution >= 0.6 is 7.92 Å². The van der Waals surface area contributed by atoms with Crippen LogP contribution in [0.1, 0.15) is 147 Å². The van der Waals surface area contributed by atoms with Gasteiger partial charge in [0.1, 0.15) is 11.5 Å². The fourth-order valence-corrected chi connectivity index (χ4v) is 18.0. The normalized spacial score (nSPS) is 36.3. The molecule has 1 unspecified atom stereocenters. The third-order valence-corrected chi connectivity index (χ3v) is 18.1. The van der Waals surface area contributed by atoms with Gasteiger partial charge in [0.25, 0.3) is 0 Å². The van der Waals surface area contributed by atoms with Gasteiger partial charge in [-0.2, -0.15) is 0 Å². The minimum absolute atomic E-state index is 0.432. The highest BCUT2D eigenvalue weighted by molar-refractivity contribution is 7.68. The summed E-state index contributed by atoms with van der Waals surface area (Å²) in [6.07, 6.45) is 16.5. The van der Waals surface area contributed by atoms with Crippen molar-refractivity contribution in [3.63, 3.8) is 0 Å². The first-order chi connectivity index (χ1) is 22.1. The molecule has 10 rings (SSSR count). The smallest absolute Gasteiger partial charge is 0.127 e. The molecule has 0 spiro atoms. The first-order valence-electron chi connectivity index (χ1n) is 19.3. The summed E-state index contributed by atoms with van der Waals surface area (Å²) in [5, 5.41) is 2.09. The third kappa shape index (κ3) is 5.03. The molecule has 8 bridgehead atoms. The van der Waals surface area contributed by atoms with Gasteiger partial charge in [-0.1, -0.05) is 61.6 Å². The monoisotopic (exact) mass is 640 g/mol. The molecule has 46 heavy (non-hydrogen) atoms. The Morgan fingerprint density at radius 3 is 1.48 bits per heavy atom. The van der Waals surface area contributed by atoms with E-state index < -0.39 is 7.92 Å². The summed E-state index contributed by atoms with van der Waals surface area (Å²) >= 11 is 0. The Bertz CT molecular complexity index is 1380. The maximum absolute atomic E-state index is 6.62. The van der Waals surface area contributed by atoms with Crippen LogP contribution in [-0.2, 0) is 0 Å². The second-order valence-electron chi connectivity index (χ2n) is 18.2. The van der Waals surface area contributed by atoms with Crippen molar-refractivity contribution in [1.82, 2.24) is 0 Å². The zero-order valence-corrected chi connectivity index (χ0v) is 31.1. The van der Waals surface area contributed by atoms with Gasteiger partial charge < -0.3 is 9.47 Å². The van der Waals surface area contributed by atoms with E-state index in [1.165, 1.54) is 104 Å². The molecular formula is C43H61O2P. The molecule has 3 heteroatoms. The Morgan fingerprint density at radius 1 is 0.587 bits per heavy atom. The maximum atomic E-state index is 6.62. The minimum atomic E-state index is -0.461. The number of methoxy groups -OCH3 is 2. The second-order valence-corrected chi connectivity index (χ2v) is 20.9. The maximum Gasteiger partial charge on any atom is 0.127 e. The predicted molar refractivity (Wildman–Crippen MR) is 196 cm³/mol. The number of hydrogen-bond acceptors (Lipinski definition) is 2. The van der Waals surface area contributed by atoms with Gasteiger partial charge in [-0.3, -0.25) is 0 Å². The molecular weight excluding hydrogens is 579 g/mol. The molecule has 0 N–H and O–H groups in total. The Hall–Kier alpha value is -1.53. The van der Waals surface area contributed by atoms with Crippen LogP contribution in [0.3, 0.4) is 0 Å². The standard InChI is InChI=1S/C43H61O2P/c1-24(2)32-19-35(25(3)4)39(36(20-32)26(5)6)40-37(44-7)9-10-38(45-8)42(40)46(41-33-15-27-11-28(17-33)18-34(41)16-27)43-21-29-12-30(22-43)14-31(13-29)23-43/h9-10,19-20,24-31,33-34,41H,11-18,21-23H2,1-8H3. The summed E-state index contributed by atoms with van der Waals surface area (Å²) in [5.41, 5.74) is 8.26. The molecule has 0 radical (unpaired) electrons. The van der Waals surface area contributed by atoms with E-state index in [4.69, 9.17) is 9.47 Å². The fourth-order valence-electron chi connectivity index (χ4n) is 13.0. The quantitative estimate of drug-likeness (QED) is 0.254. The summed E-state index contributed by atoms with van der Waals surface area (Å²) in [6.45, 7) is 14.4. The van der Waals surface area contributed by atoms with Crippen molar-refractivity contribution in [3.8, 4) is 22.6 Å². The van der Waals surface area contributed by atoms with Crippen molar-refractivity contribution in [2.45, 2.75) is 141 Å². The number of ether oxygens (including phenoxy) is 2. The summed E-state index contributed by atoms with van der Waals surface area (Å²) in [5.74, 6) is 10.3. The predicted octanol–water partition coefficient (Wildman–Crippen LogP) is 11.6. The highest BCUT2D eigenvalue weighted by Crippen LogP contribution is 2.76. The summed E-state index contributed by atoms with van der Waals surface area (Å²) in [6, 6.07) is 9.70. The lowest BCUT2D eigenvalue weighted by atomic mass is 9.55. The van der Waals surface area contributed by atoms with Gasteiger partial charge in [-0.15, -0.1) is 0 Å². The largest absolute Gasteiger partial charge is 0.496 e. The molecule has 0 saturated heterocycles. The van der Waals surface area contributed by atoms with E-state index in [0.29, 0.717) is 22.9 Å². The minimum Gasteiger partial charge on any atom is -0.496 e. The SMILES string of the molecule is COc1ccc(OC)c(P(C2C3CC4CC(C3)CC2C4)C23CC4CC(CC(C4)C2)C3)c1-c1c(C(C)C)cc(C(C)C)cc1C(C)C. The number of benzene rings is 2. The van der Waals surface area contributed by atoms with Gasteiger partial charge in [0.15, 0.2) is 0 Å². The molecule has 0 heterocycles. The average molecular weight is 641 g/mol. The molecule has 8 aliphatic carbocycles. The lowest BCUT2D eigenvalue weighted by Crippen LogP contribution is -2.56. The highest BCUT2D eigenvalue weighted by atomic mass is 31.1. The Balaban J connectivity index is 1.43. The van der Waals surface area contributed by atoms with Crippen LogP contribution in [0.15, 0.2) is 24.3 Å². The van der Waals surface area contributed by atoms with E-state index in [1.54, 1.807) is 5.30 Å². The topological polar surface area (TPSA) is 18.5 Å². The van der Waals surface area contributed by atoms with E-state index in [-0.39, 0.29) is 0 Å². The molecule has 1 atom stereocenters.